The first-order valence-corrected chi connectivity index (χ1v) is 4.41. The van der Waals surface area contributed by atoms with Crippen LogP contribution in [0.25, 0.3) is 11.3 Å². The first-order valence-electron chi connectivity index (χ1n) is 4.41. The number of hydrogen-bond acceptors (Lipinski definition) is 5. The van der Waals surface area contributed by atoms with Crippen LogP contribution in [0, 0.1) is 5.82 Å². The molecule has 0 saturated heterocycles. The van der Waals surface area contributed by atoms with E-state index < -0.39 is 5.82 Å². The van der Waals surface area contributed by atoms with E-state index in [1.54, 1.807) is 0 Å². The zero-order valence-corrected chi connectivity index (χ0v) is 8.40. The highest BCUT2D eigenvalue weighted by Gasteiger charge is 2.14. The molecule has 6 heteroatoms. The van der Waals surface area contributed by atoms with Crippen LogP contribution in [0.5, 0.6) is 11.5 Å². The number of hydrogen-bond donors (Lipinski definition) is 2. The van der Waals surface area contributed by atoms with Gasteiger partial charge >= 0.3 is 0 Å². The third-order valence-electron chi connectivity index (χ3n) is 2.06. The van der Waals surface area contributed by atoms with Crippen molar-refractivity contribution in [2.24, 2.45) is 0 Å². The molecule has 0 aliphatic rings. The molecular formula is C10H9FN2O3. The molecular weight excluding hydrogens is 215 g/mol. The molecule has 5 nitrogen and oxygen atoms in total. The molecule has 3 N–H and O–H groups in total. The summed E-state index contributed by atoms with van der Waals surface area (Å²) in [6.45, 7) is 0. The minimum atomic E-state index is -0.606. The minimum Gasteiger partial charge on any atom is -0.507 e. The first kappa shape index (κ1) is 10.3. The van der Waals surface area contributed by atoms with E-state index in [-0.39, 0.29) is 28.6 Å². The zero-order valence-electron chi connectivity index (χ0n) is 8.40. The molecule has 1 aromatic carbocycles. The largest absolute Gasteiger partial charge is 0.507 e. The standard InChI is InChI=1S/C10H9FN2O3/c1-15-9-3-7(14)5(2-6(9)11)8-4-10(12)13-16-8/h2-4,14H,1H3,(H2,12,13). The Hall–Kier alpha value is -2.24. The van der Waals surface area contributed by atoms with E-state index in [2.05, 4.69) is 5.16 Å². The Balaban J connectivity index is 2.54. The van der Waals surface area contributed by atoms with Gasteiger partial charge < -0.3 is 20.1 Å². The van der Waals surface area contributed by atoms with Gasteiger partial charge in [-0.15, -0.1) is 0 Å². The Bertz CT molecular complexity index is 525. The van der Waals surface area contributed by atoms with E-state index in [0.29, 0.717) is 0 Å². The van der Waals surface area contributed by atoms with Crippen molar-refractivity contribution in [1.82, 2.24) is 5.16 Å². The van der Waals surface area contributed by atoms with Gasteiger partial charge in [-0.3, -0.25) is 0 Å². The van der Waals surface area contributed by atoms with E-state index >= 15 is 0 Å². The number of halogens is 1. The predicted octanol–water partition coefficient (Wildman–Crippen LogP) is 1.78. The van der Waals surface area contributed by atoms with Gasteiger partial charge in [0.2, 0.25) is 0 Å². The number of aromatic hydroxyl groups is 1. The molecule has 1 heterocycles. The molecule has 0 aliphatic heterocycles. The number of nitrogen functional groups attached to an aromatic ring is 1. The number of phenols is 1. The van der Waals surface area contributed by atoms with Gasteiger partial charge in [-0.05, 0) is 6.07 Å². The van der Waals surface area contributed by atoms with Crippen molar-refractivity contribution in [1.29, 1.82) is 0 Å². The first-order chi connectivity index (χ1) is 7.61. The lowest BCUT2D eigenvalue weighted by molar-refractivity contribution is 0.379. The van der Waals surface area contributed by atoms with Gasteiger partial charge in [-0.25, -0.2) is 4.39 Å². The fourth-order valence-corrected chi connectivity index (χ4v) is 1.31. The highest BCUT2D eigenvalue weighted by molar-refractivity contribution is 5.68. The third kappa shape index (κ3) is 1.65. The highest BCUT2D eigenvalue weighted by Crippen LogP contribution is 2.34. The monoisotopic (exact) mass is 224 g/mol. The molecule has 0 saturated carbocycles. The fourth-order valence-electron chi connectivity index (χ4n) is 1.31. The molecule has 16 heavy (non-hydrogen) atoms. The summed E-state index contributed by atoms with van der Waals surface area (Å²) in [5, 5.41) is 13.1. The third-order valence-corrected chi connectivity index (χ3v) is 2.06. The van der Waals surface area contributed by atoms with Crippen molar-refractivity contribution < 1.29 is 18.8 Å². The average Bonchev–Trinajstić information content (AvgIpc) is 2.67. The molecule has 0 amide bonds. The Labute approximate surface area is 90.2 Å². The summed E-state index contributed by atoms with van der Waals surface area (Å²) in [5.74, 6) is -0.476. The number of benzene rings is 1. The van der Waals surface area contributed by atoms with Crippen molar-refractivity contribution in [2.45, 2.75) is 0 Å². The lowest BCUT2D eigenvalue weighted by Crippen LogP contribution is -1.89. The lowest BCUT2D eigenvalue weighted by Gasteiger charge is -2.05. The molecule has 2 rings (SSSR count). The average molecular weight is 224 g/mol. The number of phenolic OH excluding ortho intramolecular Hbond substituents is 1. The van der Waals surface area contributed by atoms with E-state index in [0.717, 1.165) is 12.1 Å². The molecule has 0 bridgehead atoms. The Morgan fingerprint density at radius 2 is 2.19 bits per heavy atom. The summed E-state index contributed by atoms with van der Waals surface area (Å²) in [5.41, 5.74) is 5.52. The Morgan fingerprint density at radius 1 is 1.44 bits per heavy atom. The van der Waals surface area contributed by atoms with Crippen molar-refractivity contribution in [3.05, 3.63) is 24.0 Å². The summed E-state index contributed by atoms with van der Waals surface area (Å²) in [4.78, 5) is 0. The van der Waals surface area contributed by atoms with Gasteiger partial charge in [0.25, 0.3) is 0 Å². The number of ether oxygens (including phenoxy) is 1. The van der Waals surface area contributed by atoms with Crippen LogP contribution in [-0.4, -0.2) is 17.4 Å². The van der Waals surface area contributed by atoms with Crippen LogP contribution in [0.1, 0.15) is 0 Å². The van der Waals surface area contributed by atoms with E-state index in [4.69, 9.17) is 15.0 Å². The van der Waals surface area contributed by atoms with E-state index in [1.807, 2.05) is 0 Å². The van der Waals surface area contributed by atoms with Gasteiger partial charge in [0, 0.05) is 12.1 Å². The quantitative estimate of drug-likeness (QED) is 0.812. The molecule has 0 unspecified atom stereocenters. The van der Waals surface area contributed by atoms with Crippen LogP contribution in [0.4, 0.5) is 10.2 Å². The molecule has 0 atom stereocenters. The van der Waals surface area contributed by atoms with Crippen molar-refractivity contribution >= 4 is 5.82 Å². The SMILES string of the molecule is COc1cc(O)c(-c2cc(N)no2)cc1F. The summed E-state index contributed by atoms with van der Waals surface area (Å²) in [7, 11) is 1.31. The number of methoxy groups -OCH3 is 1. The smallest absolute Gasteiger partial charge is 0.172 e. The molecule has 84 valence electrons. The van der Waals surface area contributed by atoms with E-state index in [9.17, 15) is 9.50 Å². The number of rotatable bonds is 2. The summed E-state index contributed by atoms with van der Waals surface area (Å²) in [6.07, 6.45) is 0. The Morgan fingerprint density at radius 3 is 2.75 bits per heavy atom. The second-order valence-electron chi connectivity index (χ2n) is 3.12. The normalized spacial score (nSPS) is 10.4. The van der Waals surface area contributed by atoms with Crippen LogP contribution < -0.4 is 10.5 Å². The minimum absolute atomic E-state index is 0.0475. The van der Waals surface area contributed by atoms with Gasteiger partial charge in [0.05, 0.1) is 12.7 Å². The van der Waals surface area contributed by atoms with Crippen molar-refractivity contribution in [3.63, 3.8) is 0 Å². The maximum atomic E-state index is 13.4. The molecule has 0 fully saturated rings. The van der Waals surface area contributed by atoms with Gasteiger partial charge in [0.1, 0.15) is 5.75 Å². The second-order valence-corrected chi connectivity index (χ2v) is 3.12. The van der Waals surface area contributed by atoms with Gasteiger partial charge in [-0.1, -0.05) is 5.16 Å². The van der Waals surface area contributed by atoms with Crippen LogP contribution in [-0.2, 0) is 0 Å². The van der Waals surface area contributed by atoms with E-state index in [1.165, 1.54) is 13.2 Å². The summed E-state index contributed by atoms with van der Waals surface area (Å²) < 4.78 is 22.9. The Kier molecular flexibility index (Phi) is 2.40. The van der Waals surface area contributed by atoms with Gasteiger partial charge in [0.15, 0.2) is 23.1 Å². The second kappa shape index (κ2) is 3.73. The molecule has 2 aromatic rings. The maximum Gasteiger partial charge on any atom is 0.172 e. The number of anilines is 1. The van der Waals surface area contributed by atoms with Crippen LogP contribution in [0.2, 0.25) is 0 Å². The van der Waals surface area contributed by atoms with Gasteiger partial charge in [-0.2, -0.15) is 0 Å². The molecule has 1 aromatic heterocycles. The molecule has 0 spiro atoms. The molecule has 0 radical (unpaired) electrons. The molecule has 0 aliphatic carbocycles. The highest BCUT2D eigenvalue weighted by atomic mass is 19.1. The maximum absolute atomic E-state index is 13.4. The summed E-state index contributed by atoms with van der Waals surface area (Å²) >= 11 is 0. The van der Waals surface area contributed by atoms with Crippen LogP contribution >= 0.6 is 0 Å². The van der Waals surface area contributed by atoms with Crippen molar-refractivity contribution in [3.8, 4) is 22.8 Å². The lowest BCUT2D eigenvalue weighted by atomic mass is 10.1. The van der Waals surface area contributed by atoms with Crippen LogP contribution in [0.3, 0.4) is 0 Å². The number of nitrogens with zero attached hydrogens (tertiary/aromatic N) is 1. The van der Waals surface area contributed by atoms with Crippen molar-refractivity contribution in [2.75, 3.05) is 12.8 Å². The van der Waals surface area contributed by atoms with Crippen LogP contribution in [0.15, 0.2) is 22.7 Å². The topological polar surface area (TPSA) is 81.5 Å². The fraction of sp³-hybridized carbons (Fsp3) is 0.100. The summed E-state index contributed by atoms with van der Waals surface area (Å²) in [6, 6.07) is 3.64. The number of nitrogens with two attached hydrogens (primary N) is 1. The predicted molar refractivity (Wildman–Crippen MR) is 54.5 cm³/mol. The number of aromatic nitrogens is 1. The zero-order chi connectivity index (χ0) is 11.7.